The third-order valence-corrected chi connectivity index (χ3v) is 3.73. The van der Waals surface area contributed by atoms with Crippen molar-refractivity contribution in [1.29, 1.82) is 0 Å². The second-order valence-corrected chi connectivity index (χ2v) is 5.68. The number of carbonyl (C=O) groups is 3. The minimum absolute atomic E-state index is 0.234. The molecule has 2 amide bonds. The first-order valence-electron chi connectivity index (χ1n) is 7.44. The molecule has 2 N–H and O–H groups in total. The van der Waals surface area contributed by atoms with Gasteiger partial charge in [0, 0.05) is 5.69 Å². The van der Waals surface area contributed by atoms with Gasteiger partial charge in [0.05, 0.1) is 23.4 Å². The van der Waals surface area contributed by atoms with Crippen molar-refractivity contribution in [2.24, 2.45) is 0 Å². The maximum absolute atomic E-state index is 12.1. The number of aryl methyl sites for hydroxylation is 1. The molecule has 0 spiro atoms. The van der Waals surface area contributed by atoms with Crippen LogP contribution in [0, 0.1) is 6.92 Å². The molecule has 6 nitrogen and oxygen atoms in total. The van der Waals surface area contributed by atoms with Crippen molar-refractivity contribution in [3.63, 3.8) is 0 Å². The number of hydrogen-bond donors (Lipinski definition) is 2. The Bertz CT molecular complexity index is 820. The van der Waals surface area contributed by atoms with E-state index >= 15 is 0 Å². The first kappa shape index (κ1) is 18.5. The van der Waals surface area contributed by atoms with E-state index in [1.54, 1.807) is 12.1 Å². The molecule has 0 heterocycles. The van der Waals surface area contributed by atoms with Crippen molar-refractivity contribution in [3.8, 4) is 0 Å². The summed E-state index contributed by atoms with van der Waals surface area (Å²) in [6.07, 6.45) is -0.382. The lowest BCUT2D eigenvalue weighted by atomic mass is 10.2. The van der Waals surface area contributed by atoms with Crippen LogP contribution < -0.4 is 10.6 Å². The number of esters is 1. The summed E-state index contributed by atoms with van der Waals surface area (Å²) in [5.41, 5.74) is 2.01. The van der Waals surface area contributed by atoms with Crippen molar-refractivity contribution < 1.29 is 19.1 Å². The molecule has 2 rings (SSSR count). The van der Waals surface area contributed by atoms with Crippen molar-refractivity contribution >= 4 is 40.8 Å². The Balaban J connectivity index is 2.01. The summed E-state index contributed by atoms with van der Waals surface area (Å²) in [7, 11) is 1.26. The number of amides is 2. The van der Waals surface area contributed by atoms with E-state index in [2.05, 4.69) is 15.4 Å². The standard InChI is InChI=1S/C18H17ClN2O4/c1-11-5-3-4-6-14(11)20-16(22)10-17(23)21-15-9-12(18(24)25-2)7-8-13(15)19/h3-9H,10H2,1-2H3,(H,20,22)(H,21,23). The number of benzene rings is 2. The van der Waals surface area contributed by atoms with Gasteiger partial charge in [-0.15, -0.1) is 0 Å². The van der Waals surface area contributed by atoms with E-state index in [0.717, 1.165) is 5.56 Å². The zero-order valence-corrected chi connectivity index (χ0v) is 14.5. The van der Waals surface area contributed by atoms with Crippen LogP contribution in [-0.2, 0) is 14.3 Å². The molecule has 0 saturated heterocycles. The Kier molecular flexibility index (Phi) is 6.14. The number of para-hydroxylation sites is 1. The van der Waals surface area contributed by atoms with Crippen LogP contribution in [0.25, 0.3) is 0 Å². The summed E-state index contributed by atoms with van der Waals surface area (Å²) in [5.74, 6) is -1.55. The Morgan fingerprint density at radius 2 is 1.64 bits per heavy atom. The van der Waals surface area contributed by atoms with Gasteiger partial charge in [-0.05, 0) is 36.8 Å². The lowest BCUT2D eigenvalue weighted by molar-refractivity contribution is -0.123. The topological polar surface area (TPSA) is 84.5 Å². The summed E-state index contributed by atoms with van der Waals surface area (Å²) in [6.45, 7) is 1.85. The summed E-state index contributed by atoms with van der Waals surface area (Å²) < 4.78 is 4.62. The van der Waals surface area contributed by atoms with Gasteiger partial charge in [0.1, 0.15) is 6.42 Å². The van der Waals surface area contributed by atoms with Crippen molar-refractivity contribution in [1.82, 2.24) is 0 Å². The molecule has 0 aliphatic rings. The second-order valence-electron chi connectivity index (χ2n) is 5.27. The highest BCUT2D eigenvalue weighted by atomic mass is 35.5. The fourth-order valence-electron chi connectivity index (χ4n) is 2.11. The molecule has 2 aromatic rings. The summed E-state index contributed by atoms with van der Waals surface area (Å²) in [6, 6.07) is 11.6. The van der Waals surface area contributed by atoms with Crippen molar-refractivity contribution in [2.45, 2.75) is 13.3 Å². The Morgan fingerprint density at radius 3 is 2.28 bits per heavy atom. The summed E-state index contributed by atoms with van der Waals surface area (Å²) in [5, 5.41) is 5.45. The van der Waals surface area contributed by atoms with E-state index in [1.807, 2.05) is 19.1 Å². The molecular formula is C18H17ClN2O4. The maximum atomic E-state index is 12.1. The van der Waals surface area contributed by atoms with Crippen LogP contribution in [0.5, 0.6) is 0 Å². The van der Waals surface area contributed by atoms with E-state index in [9.17, 15) is 14.4 Å². The number of carbonyl (C=O) groups excluding carboxylic acids is 3. The zero-order chi connectivity index (χ0) is 18.4. The van der Waals surface area contributed by atoms with Crippen LogP contribution in [0.2, 0.25) is 5.02 Å². The van der Waals surface area contributed by atoms with E-state index in [-0.39, 0.29) is 22.7 Å². The van der Waals surface area contributed by atoms with Crippen LogP contribution >= 0.6 is 11.6 Å². The van der Waals surface area contributed by atoms with Crippen molar-refractivity contribution in [2.75, 3.05) is 17.7 Å². The van der Waals surface area contributed by atoms with Crippen LogP contribution in [0.15, 0.2) is 42.5 Å². The molecule has 0 aliphatic carbocycles. The number of methoxy groups -OCH3 is 1. The highest BCUT2D eigenvalue weighted by Gasteiger charge is 2.14. The summed E-state index contributed by atoms with van der Waals surface area (Å²) >= 11 is 6.01. The monoisotopic (exact) mass is 360 g/mol. The Hall–Kier alpha value is -2.86. The number of ether oxygens (including phenoxy) is 1. The number of hydrogen-bond acceptors (Lipinski definition) is 4. The van der Waals surface area contributed by atoms with Gasteiger partial charge in [-0.2, -0.15) is 0 Å². The van der Waals surface area contributed by atoms with Gasteiger partial charge in [0.15, 0.2) is 0 Å². The molecule has 25 heavy (non-hydrogen) atoms. The SMILES string of the molecule is COC(=O)c1ccc(Cl)c(NC(=O)CC(=O)Nc2ccccc2C)c1. The average Bonchev–Trinajstić information content (AvgIpc) is 2.58. The molecule has 7 heteroatoms. The largest absolute Gasteiger partial charge is 0.465 e. The number of anilines is 2. The molecule has 0 radical (unpaired) electrons. The highest BCUT2D eigenvalue weighted by molar-refractivity contribution is 6.34. The minimum atomic E-state index is -0.551. The molecule has 0 unspecified atom stereocenters. The van der Waals surface area contributed by atoms with Gasteiger partial charge in [-0.25, -0.2) is 4.79 Å². The van der Waals surface area contributed by atoms with Crippen LogP contribution in [0.4, 0.5) is 11.4 Å². The number of rotatable bonds is 5. The molecule has 0 saturated carbocycles. The van der Waals surface area contributed by atoms with E-state index in [1.165, 1.54) is 25.3 Å². The first-order chi connectivity index (χ1) is 11.9. The third kappa shape index (κ3) is 5.06. The maximum Gasteiger partial charge on any atom is 0.337 e. The Labute approximate surface area is 150 Å². The molecule has 0 bridgehead atoms. The minimum Gasteiger partial charge on any atom is -0.465 e. The third-order valence-electron chi connectivity index (χ3n) is 3.40. The fourth-order valence-corrected chi connectivity index (χ4v) is 2.28. The van der Waals surface area contributed by atoms with Gasteiger partial charge in [-0.1, -0.05) is 29.8 Å². The molecule has 0 aliphatic heterocycles. The lowest BCUT2D eigenvalue weighted by Gasteiger charge is -2.10. The predicted octanol–water partition coefficient (Wildman–Crippen LogP) is 3.40. The molecule has 130 valence electrons. The van der Waals surface area contributed by atoms with Crippen LogP contribution in [0.3, 0.4) is 0 Å². The van der Waals surface area contributed by atoms with Gasteiger partial charge in [0.25, 0.3) is 0 Å². The number of nitrogens with one attached hydrogen (secondary N) is 2. The van der Waals surface area contributed by atoms with Crippen molar-refractivity contribution in [3.05, 3.63) is 58.6 Å². The van der Waals surface area contributed by atoms with Crippen LogP contribution in [0.1, 0.15) is 22.3 Å². The predicted molar refractivity (Wildman–Crippen MR) is 95.8 cm³/mol. The van der Waals surface area contributed by atoms with E-state index in [4.69, 9.17) is 11.6 Å². The summed E-state index contributed by atoms with van der Waals surface area (Å²) in [4.78, 5) is 35.6. The lowest BCUT2D eigenvalue weighted by Crippen LogP contribution is -2.22. The molecule has 2 aromatic carbocycles. The van der Waals surface area contributed by atoms with Gasteiger partial charge in [-0.3, -0.25) is 9.59 Å². The normalized spacial score (nSPS) is 10.0. The smallest absolute Gasteiger partial charge is 0.337 e. The molecule has 0 fully saturated rings. The second kappa shape index (κ2) is 8.30. The zero-order valence-electron chi connectivity index (χ0n) is 13.8. The first-order valence-corrected chi connectivity index (χ1v) is 7.81. The van der Waals surface area contributed by atoms with Crippen LogP contribution in [-0.4, -0.2) is 24.9 Å². The molecule has 0 atom stereocenters. The van der Waals surface area contributed by atoms with Gasteiger partial charge in [0.2, 0.25) is 11.8 Å². The van der Waals surface area contributed by atoms with E-state index < -0.39 is 17.8 Å². The average molecular weight is 361 g/mol. The highest BCUT2D eigenvalue weighted by Crippen LogP contribution is 2.23. The quantitative estimate of drug-likeness (QED) is 0.632. The molecule has 0 aromatic heterocycles. The van der Waals surface area contributed by atoms with E-state index in [0.29, 0.717) is 5.69 Å². The van der Waals surface area contributed by atoms with Gasteiger partial charge < -0.3 is 15.4 Å². The fraction of sp³-hybridized carbons (Fsp3) is 0.167. The van der Waals surface area contributed by atoms with Gasteiger partial charge >= 0.3 is 5.97 Å². The Morgan fingerprint density at radius 1 is 1.00 bits per heavy atom. The molecular weight excluding hydrogens is 344 g/mol. The number of halogens is 1.